The SMILES string of the molecule is COC(C)(C)CC(C)Nc1ccc(-c2cc(=O)[nH][nH]2)cc1. The van der Waals surface area contributed by atoms with Gasteiger partial charge in [-0.15, -0.1) is 0 Å². The number of hydrogen-bond donors (Lipinski definition) is 3. The Balaban J connectivity index is 2.01. The van der Waals surface area contributed by atoms with Crippen molar-refractivity contribution in [2.75, 3.05) is 12.4 Å². The van der Waals surface area contributed by atoms with Crippen LogP contribution in [0.2, 0.25) is 0 Å². The summed E-state index contributed by atoms with van der Waals surface area (Å²) in [6.45, 7) is 6.30. The number of hydrogen-bond acceptors (Lipinski definition) is 3. The quantitative estimate of drug-likeness (QED) is 0.765. The molecule has 0 aliphatic rings. The third-order valence-corrected chi connectivity index (χ3v) is 3.56. The number of nitrogens with one attached hydrogen (secondary N) is 3. The Bertz CT molecular complexity index is 625. The van der Waals surface area contributed by atoms with E-state index in [1.807, 2.05) is 24.3 Å². The molecular formula is C16H23N3O2. The zero-order valence-electron chi connectivity index (χ0n) is 13.0. The van der Waals surface area contributed by atoms with Gasteiger partial charge >= 0.3 is 0 Å². The van der Waals surface area contributed by atoms with Crippen molar-refractivity contribution in [1.29, 1.82) is 0 Å². The average molecular weight is 289 g/mol. The molecule has 0 aliphatic carbocycles. The smallest absolute Gasteiger partial charge is 0.264 e. The molecule has 1 heterocycles. The summed E-state index contributed by atoms with van der Waals surface area (Å²) in [5, 5.41) is 8.84. The van der Waals surface area contributed by atoms with Crippen molar-refractivity contribution in [2.24, 2.45) is 0 Å². The monoisotopic (exact) mass is 289 g/mol. The van der Waals surface area contributed by atoms with Gasteiger partial charge in [-0.1, -0.05) is 12.1 Å². The highest BCUT2D eigenvalue weighted by Gasteiger charge is 2.19. The van der Waals surface area contributed by atoms with Gasteiger partial charge in [0.05, 0.1) is 11.3 Å². The summed E-state index contributed by atoms with van der Waals surface area (Å²) in [5.41, 5.74) is 2.55. The van der Waals surface area contributed by atoms with E-state index < -0.39 is 0 Å². The van der Waals surface area contributed by atoms with Crippen molar-refractivity contribution in [3.05, 3.63) is 40.7 Å². The van der Waals surface area contributed by atoms with Crippen molar-refractivity contribution in [2.45, 2.75) is 38.8 Å². The maximum atomic E-state index is 11.1. The van der Waals surface area contributed by atoms with Crippen molar-refractivity contribution in [3.63, 3.8) is 0 Å². The fourth-order valence-electron chi connectivity index (χ4n) is 2.39. The van der Waals surface area contributed by atoms with E-state index in [0.717, 1.165) is 23.4 Å². The van der Waals surface area contributed by atoms with Crippen LogP contribution in [0, 0.1) is 0 Å². The Hall–Kier alpha value is -2.01. The summed E-state index contributed by atoms with van der Waals surface area (Å²) in [4.78, 5) is 11.1. The maximum Gasteiger partial charge on any atom is 0.264 e. The van der Waals surface area contributed by atoms with Crippen LogP contribution >= 0.6 is 0 Å². The zero-order valence-corrected chi connectivity index (χ0v) is 13.0. The second-order valence-electron chi connectivity index (χ2n) is 5.96. The van der Waals surface area contributed by atoms with Gasteiger partial charge in [0.2, 0.25) is 0 Å². The number of ether oxygens (including phenoxy) is 1. The lowest BCUT2D eigenvalue weighted by molar-refractivity contribution is 0.0128. The number of H-pyrrole nitrogens is 2. The van der Waals surface area contributed by atoms with Crippen LogP contribution in [0.15, 0.2) is 35.1 Å². The highest BCUT2D eigenvalue weighted by atomic mass is 16.5. The molecule has 0 saturated heterocycles. The number of aromatic nitrogens is 2. The van der Waals surface area contributed by atoms with Crippen molar-refractivity contribution < 1.29 is 4.74 Å². The second kappa shape index (κ2) is 6.18. The number of benzene rings is 1. The molecule has 5 heteroatoms. The molecule has 3 N–H and O–H groups in total. The highest BCUT2D eigenvalue weighted by Crippen LogP contribution is 2.21. The molecule has 0 spiro atoms. The maximum absolute atomic E-state index is 11.1. The van der Waals surface area contributed by atoms with Crippen LogP contribution in [0.4, 0.5) is 5.69 Å². The lowest BCUT2D eigenvalue weighted by Crippen LogP contribution is -2.31. The number of anilines is 1. The first-order valence-electron chi connectivity index (χ1n) is 7.09. The first-order chi connectivity index (χ1) is 9.89. The van der Waals surface area contributed by atoms with Gasteiger partial charge in [0.15, 0.2) is 0 Å². The van der Waals surface area contributed by atoms with Crippen molar-refractivity contribution in [1.82, 2.24) is 10.2 Å². The summed E-state index contributed by atoms with van der Waals surface area (Å²) >= 11 is 0. The molecule has 114 valence electrons. The first kappa shape index (κ1) is 15.4. The Morgan fingerprint density at radius 2 is 1.90 bits per heavy atom. The Morgan fingerprint density at radius 1 is 1.24 bits per heavy atom. The van der Waals surface area contributed by atoms with Crippen molar-refractivity contribution in [3.8, 4) is 11.3 Å². The molecule has 0 bridgehead atoms. The zero-order chi connectivity index (χ0) is 15.5. The molecule has 0 radical (unpaired) electrons. The number of rotatable bonds is 6. The summed E-state index contributed by atoms with van der Waals surface area (Å²) in [6.07, 6.45) is 0.913. The minimum absolute atomic E-state index is 0.123. The lowest BCUT2D eigenvalue weighted by Gasteiger charge is -2.27. The predicted molar refractivity (Wildman–Crippen MR) is 85.6 cm³/mol. The summed E-state index contributed by atoms with van der Waals surface area (Å²) < 4.78 is 5.45. The van der Waals surface area contributed by atoms with E-state index in [1.54, 1.807) is 13.2 Å². The van der Waals surface area contributed by atoms with E-state index in [4.69, 9.17) is 4.74 Å². The molecule has 0 saturated carbocycles. The van der Waals surface area contributed by atoms with E-state index in [2.05, 4.69) is 36.3 Å². The molecule has 0 aliphatic heterocycles. The largest absolute Gasteiger partial charge is 0.382 e. The van der Waals surface area contributed by atoms with Crippen LogP contribution in [-0.4, -0.2) is 29.0 Å². The molecule has 5 nitrogen and oxygen atoms in total. The Morgan fingerprint density at radius 3 is 2.43 bits per heavy atom. The predicted octanol–water partition coefficient (Wildman–Crippen LogP) is 2.99. The van der Waals surface area contributed by atoms with Crippen LogP contribution in [0.5, 0.6) is 0 Å². The summed E-state index contributed by atoms with van der Waals surface area (Å²) in [7, 11) is 1.74. The average Bonchev–Trinajstić information content (AvgIpc) is 2.85. The molecule has 1 atom stereocenters. The summed E-state index contributed by atoms with van der Waals surface area (Å²) in [6, 6.07) is 9.84. The van der Waals surface area contributed by atoms with Gasteiger partial charge in [0, 0.05) is 24.9 Å². The van der Waals surface area contributed by atoms with Gasteiger partial charge < -0.3 is 10.1 Å². The van der Waals surface area contributed by atoms with Crippen molar-refractivity contribution >= 4 is 5.69 Å². The van der Waals surface area contributed by atoms with Gasteiger partial charge in [-0.25, -0.2) is 0 Å². The Labute approximate surface area is 124 Å². The van der Waals surface area contributed by atoms with Crippen LogP contribution in [0.1, 0.15) is 27.2 Å². The standard InChI is InChI=1S/C16H23N3O2/c1-11(10-16(2,3)21-4)17-13-7-5-12(6-8-13)14-9-15(20)19-18-14/h5-9,11,17H,10H2,1-4H3,(H2,18,19,20). The number of aromatic amines is 2. The van der Waals surface area contributed by atoms with E-state index in [9.17, 15) is 4.79 Å². The highest BCUT2D eigenvalue weighted by molar-refractivity contribution is 5.62. The van der Waals surface area contributed by atoms with Gasteiger partial charge in [0.25, 0.3) is 5.56 Å². The van der Waals surface area contributed by atoms with Gasteiger partial charge in [0.1, 0.15) is 0 Å². The topological polar surface area (TPSA) is 69.9 Å². The first-order valence-corrected chi connectivity index (χ1v) is 7.09. The molecule has 2 aromatic rings. The third-order valence-electron chi connectivity index (χ3n) is 3.56. The summed E-state index contributed by atoms with van der Waals surface area (Å²) in [5.74, 6) is 0. The molecule has 1 unspecified atom stereocenters. The van der Waals surface area contributed by atoms with Gasteiger partial charge in [-0.3, -0.25) is 15.0 Å². The minimum Gasteiger partial charge on any atom is -0.382 e. The molecule has 1 aromatic heterocycles. The van der Waals surface area contributed by atoms with Crippen LogP contribution < -0.4 is 10.9 Å². The van der Waals surface area contributed by atoms with E-state index in [0.29, 0.717) is 6.04 Å². The van der Waals surface area contributed by atoms with Gasteiger partial charge in [-0.05, 0) is 44.9 Å². The van der Waals surface area contributed by atoms with Gasteiger partial charge in [-0.2, -0.15) is 0 Å². The van der Waals surface area contributed by atoms with E-state index in [-0.39, 0.29) is 11.2 Å². The third kappa shape index (κ3) is 4.23. The van der Waals surface area contributed by atoms with Crippen LogP contribution in [-0.2, 0) is 4.74 Å². The molecular weight excluding hydrogens is 266 g/mol. The molecule has 0 amide bonds. The molecule has 2 rings (SSSR count). The fraction of sp³-hybridized carbons (Fsp3) is 0.438. The van der Waals surface area contributed by atoms with E-state index >= 15 is 0 Å². The molecule has 0 fully saturated rings. The van der Waals surface area contributed by atoms with Crippen LogP contribution in [0.3, 0.4) is 0 Å². The lowest BCUT2D eigenvalue weighted by atomic mass is 9.99. The fourth-order valence-corrected chi connectivity index (χ4v) is 2.39. The van der Waals surface area contributed by atoms with E-state index in [1.165, 1.54) is 0 Å². The molecule has 1 aromatic carbocycles. The molecule has 21 heavy (non-hydrogen) atoms. The van der Waals surface area contributed by atoms with Crippen LogP contribution in [0.25, 0.3) is 11.3 Å². The second-order valence-corrected chi connectivity index (χ2v) is 5.96. The minimum atomic E-state index is -0.142. The number of methoxy groups -OCH3 is 1. The Kier molecular flexibility index (Phi) is 4.53. The normalized spacial score (nSPS) is 13.1.